The molecular formula is C12H21N3S. The molecule has 0 bridgehead atoms. The average Bonchev–Trinajstić information content (AvgIpc) is 2.80. The Morgan fingerprint density at radius 2 is 2.19 bits per heavy atom. The average molecular weight is 239 g/mol. The minimum absolute atomic E-state index is 0.535. The maximum atomic E-state index is 4.59. The lowest BCUT2D eigenvalue weighted by atomic mass is 10.2. The third kappa shape index (κ3) is 2.62. The summed E-state index contributed by atoms with van der Waals surface area (Å²) in [5.41, 5.74) is 0. The Bertz CT molecular complexity index is 318. The first-order valence-electron chi connectivity index (χ1n) is 6.24. The van der Waals surface area contributed by atoms with E-state index in [4.69, 9.17) is 0 Å². The number of hydrogen-bond acceptors (Lipinski definition) is 4. The smallest absolute Gasteiger partial charge is 0.110 e. The van der Waals surface area contributed by atoms with E-state index in [-0.39, 0.29) is 0 Å². The second kappa shape index (κ2) is 5.75. The number of nitrogens with zero attached hydrogens (tertiary/aromatic N) is 2. The largest absolute Gasteiger partial charge is 0.314 e. The van der Waals surface area contributed by atoms with Gasteiger partial charge in [0.2, 0.25) is 0 Å². The van der Waals surface area contributed by atoms with Gasteiger partial charge in [-0.2, -0.15) is 0 Å². The van der Waals surface area contributed by atoms with Crippen LogP contribution in [0.3, 0.4) is 0 Å². The van der Waals surface area contributed by atoms with Crippen LogP contribution in [-0.2, 0) is 6.42 Å². The fourth-order valence-corrected chi connectivity index (χ4v) is 3.30. The molecule has 1 saturated heterocycles. The summed E-state index contributed by atoms with van der Waals surface area (Å²) in [5.74, 6) is 0. The quantitative estimate of drug-likeness (QED) is 0.872. The predicted octanol–water partition coefficient (Wildman–Crippen LogP) is 2.06. The van der Waals surface area contributed by atoms with Crippen LogP contribution in [0.2, 0.25) is 0 Å². The minimum Gasteiger partial charge on any atom is -0.314 e. The molecule has 0 saturated carbocycles. The molecule has 0 aromatic carbocycles. The SMILES string of the molecule is CCc1cnc(C(CC)N2CCNCC2)s1. The third-order valence-corrected chi connectivity index (χ3v) is 4.43. The molecular weight excluding hydrogens is 218 g/mol. The van der Waals surface area contributed by atoms with Gasteiger partial charge in [-0.15, -0.1) is 11.3 Å². The first-order chi connectivity index (χ1) is 7.85. The monoisotopic (exact) mass is 239 g/mol. The highest BCUT2D eigenvalue weighted by molar-refractivity contribution is 7.11. The van der Waals surface area contributed by atoms with Gasteiger partial charge in [0, 0.05) is 37.3 Å². The van der Waals surface area contributed by atoms with Crippen molar-refractivity contribution in [1.29, 1.82) is 0 Å². The molecule has 16 heavy (non-hydrogen) atoms. The van der Waals surface area contributed by atoms with Crippen LogP contribution >= 0.6 is 11.3 Å². The second-order valence-corrected chi connectivity index (χ2v) is 5.38. The zero-order chi connectivity index (χ0) is 11.4. The molecule has 0 spiro atoms. The van der Waals surface area contributed by atoms with Gasteiger partial charge >= 0.3 is 0 Å². The topological polar surface area (TPSA) is 28.2 Å². The molecule has 1 unspecified atom stereocenters. The molecule has 3 nitrogen and oxygen atoms in total. The standard InChI is InChI=1S/C12H21N3S/c1-3-10-9-14-12(16-10)11(4-2)15-7-5-13-6-8-15/h9,11,13H,3-8H2,1-2H3. The van der Waals surface area contributed by atoms with Crippen LogP contribution < -0.4 is 5.32 Å². The number of aromatic nitrogens is 1. The van der Waals surface area contributed by atoms with Crippen LogP contribution in [0, 0.1) is 0 Å². The molecule has 1 fully saturated rings. The van der Waals surface area contributed by atoms with Crippen molar-refractivity contribution in [3.8, 4) is 0 Å². The molecule has 1 atom stereocenters. The molecule has 1 N–H and O–H groups in total. The zero-order valence-corrected chi connectivity index (χ0v) is 11.0. The van der Waals surface area contributed by atoms with Crippen LogP contribution in [0.5, 0.6) is 0 Å². The van der Waals surface area contributed by atoms with E-state index < -0.39 is 0 Å². The van der Waals surface area contributed by atoms with Crippen molar-refractivity contribution in [2.75, 3.05) is 26.2 Å². The van der Waals surface area contributed by atoms with E-state index in [1.165, 1.54) is 9.88 Å². The molecule has 0 radical (unpaired) electrons. The number of rotatable bonds is 4. The van der Waals surface area contributed by atoms with E-state index in [1.807, 2.05) is 17.5 Å². The fraction of sp³-hybridized carbons (Fsp3) is 0.750. The molecule has 90 valence electrons. The Kier molecular flexibility index (Phi) is 4.32. The van der Waals surface area contributed by atoms with Crippen molar-refractivity contribution in [1.82, 2.24) is 15.2 Å². The van der Waals surface area contributed by atoms with Gasteiger partial charge in [-0.05, 0) is 12.8 Å². The summed E-state index contributed by atoms with van der Waals surface area (Å²) in [4.78, 5) is 8.56. The van der Waals surface area contributed by atoms with E-state index in [2.05, 4.69) is 29.0 Å². The Morgan fingerprint density at radius 1 is 1.44 bits per heavy atom. The minimum atomic E-state index is 0.535. The van der Waals surface area contributed by atoms with Gasteiger partial charge in [-0.3, -0.25) is 4.90 Å². The van der Waals surface area contributed by atoms with E-state index in [9.17, 15) is 0 Å². The normalized spacial score (nSPS) is 19.9. The molecule has 1 aliphatic rings. The van der Waals surface area contributed by atoms with E-state index in [1.54, 1.807) is 0 Å². The Hall–Kier alpha value is -0.450. The summed E-state index contributed by atoms with van der Waals surface area (Å²) in [6.45, 7) is 8.99. The summed E-state index contributed by atoms with van der Waals surface area (Å²) < 4.78 is 0. The number of aryl methyl sites for hydroxylation is 1. The molecule has 1 aromatic heterocycles. The van der Waals surface area contributed by atoms with Crippen LogP contribution in [0.15, 0.2) is 6.20 Å². The van der Waals surface area contributed by atoms with Crippen molar-refractivity contribution in [2.45, 2.75) is 32.7 Å². The molecule has 0 amide bonds. The Morgan fingerprint density at radius 3 is 2.75 bits per heavy atom. The van der Waals surface area contributed by atoms with Gasteiger partial charge in [-0.1, -0.05) is 13.8 Å². The number of hydrogen-bond donors (Lipinski definition) is 1. The number of nitrogens with one attached hydrogen (secondary N) is 1. The van der Waals surface area contributed by atoms with Crippen molar-refractivity contribution in [2.24, 2.45) is 0 Å². The van der Waals surface area contributed by atoms with Crippen molar-refractivity contribution >= 4 is 11.3 Å². The lowest BCUT2D eigenvalue weighted by molar-refractivity contribution is 0.169. The summed E-state index contributed by atoms with van der Waals surface area (Å²) >= 11 is 1.89. The van der Waals surface area contributed by atoms with Crippen molar-refractivity contribution < 1.29 is 0 Å². The van der Waals surface area contributed by atoms with Crippen LogP contribution in [0.25, 0.3) is 0 Å². The van der Waals surface area contributed by atoms with Crippen LogP contribution in [-0.4, -0.2) is 36.1 Å². The highest BCUT2D eigenvalue weighted by Crippen LogP contribution is 2.28. The Balaban J connectivity index is 2.08. The van der Waals surface area contributed by atoms with E-state index in [0.29, 0.717) is 6.04 Å². The zero-order valence-electron chi connectivity index (χ0n) is 10.2. The van der Waals surface area contributed by atoms with Gasteiger partial charge in [0.25, 0.3) is 0 Å². The van der Waals surface area contributed by atoms with Crippen LogP contribution in [0.4, 0.5) is 0 Å². The number of thiazole rings is 1. The molecule has 2 heterocycles. The molecule has 0 aliphatic carbocycles. The van der Waals surface area contributed by atoms with Gasteiger partial charge in [0.1, 0.15) is 5.01 Å². The molecule has 2 rings (SSSR count). The van der Waals surface area contributed by atoms with Gasteiger partial charge in [0.05, 0.1) is 6.04 Å². The van der Waals surface area contributed by atoms with Crippen molar-refractivity contribution in [3.63, 3.8) is 0 Å². The van der Waals surface area contributed by atoms with Gasteiger partial charge in [-0.25, -0.2) is 4.98 Å². The van der Waals surface area contributed by atoms with Gasteiger partial charge < -0.3 is 5.32 Å². The molecule has 1 aromatic rings. The lowest BCUT2D eigenvalue weighted by Gasteiger charge is -2.33. The highest BCUT2D eigenvalue weighted by Gasteiger charge is 2.22. The van der Waals surface area contributed by atoms with Crippen LogP contribution in [0.1, 0.15) is 36.2 Å². The lowest BCUT2D eigenvalue weighted by Crippen LogP contribution is -2.45. The fourth-order valence-electron chi connectivity index (χ4n) is 2.22. The maximum absolute atomic E-state index is 4.59. The van der Waals surface area contributed by atoms with Crippen molar-refractivity contribution in [3.05, 3.63) is 16.1 Å². The molecule has 4 heteroatoms. The second-order valence-electron chi connectivity index (χ2n) is 4.23. The summed E-state index contributed by atoms with van der Waals surface area (Å²) in [6, 6.07) is 0.535. The maximum Gasteiger partial charge on any atom is 0.110 e. The summed E-state index contributed by atoms with van der Waals surface area (Å²) in [5, 5.41) is 4.71. The molecule has 1 aliphatic heterocycles. The third-order valence-electron chi connectivity index (χ3n) is 3.18. The number of piperazine rings is 1. The highest BCUT2D eigenvalue weighted by atomic mass is 32.1. The van der Waals surface area contributed by atoms with Gasteiger partial charge in [0.15, 0.2) is 0 Å². The first-order valence-corrected chi connectivity index (χ1v) is 7.06. The summed E-state index contributed by atoms with van der Waals surface area (Å²) in [7, 11) is 0. The first kappa shape index (κ1) is 12.0. The van der Waals surface area contributed by atoms with E-state index >= 15 is 0 Å². The van der Waals surface area contributed by atoms with E-state index in [0.717, 1.165) is 39.0 Å². The Labute approximate surface area is 102 Å². The summed E-state index contributed by atoms with van der Waals surface area (Å²) in [6.07, 6.45) is 4.32. The predicted molar refractivity (Wildman–Crippen MR) is 69.0 cm³/mol.